The van der Waals surface area contributed by atoms with Crippen LogP contribution < -0.4 is 14.8 Å². The molecule has 6 atom stereocenters. The SMILES string of the molecule is CCCCOP(=O)(COc1ccc(C[C@H](NC(=O)O[C@H]2CO[C@H]3OCC[C@H]32)[C@H](O)CN(CC(C)C)S(=O)(=O)c2ccc(OC)cc2)cc1)OC(C)C. The number of nitrogens with one attached hydrogen (secondary N) is 1. The lowest BCUT2D eigenvalue weighted by Crippen LogP contribution is -2.51. The van der Waals surface area contributed by atoms with E-state index in [2.05, 4.69) is 5.32 Å². The molecule has 0 radical (unpaired) electrons. The smallest absolute Gasteiger partial charge is 0.407 e. The summed E-state index contributed by atoms with van der Waals surface area (Å²) in [5.74, 6) is 0.778. The maximum atomic E-state index is 13.8. The summed E-state index contributed by atoms with van der Waals surface area (Å²) in [6, 6.07) is 11.9. The van der Waals surface area contributed by atoms with Crippen LogP contribution in [0.2, 0.25) is 0 Å². The Hall–Kier alpha value is -2.75. The van der Waals surface area contributed by atoms with Gasteiger partial charge in [0.15, 0.2) is 12.6 Å². The number of carbonyl (C=O) groups excluding carboxylic acids is 1. The lowest BCUT2D eigenvalue weighted by atomic mass is 10.0. The highest BCUT2D eigenvalue weighted by Gasteiger charge is 2.44. The number of alkyl carbamates (subject to hydrolysis) is 1. The average Bonchev–Trinajstić information content (AvgIpc) is 3.72. The molecular formula is C36H55N2O12PS. The van der Waals surface area contributed by atoms with Crippen LogP contribution in [0.25, 0.3) is 0 Å². The molecule has 52 heavy (non-hydrogen) atoms. The summed E-state index contributed by atoms with van der Waals surface area (Å²) < 4.78 is 81.2. The van der Waals surface area contributed by atoms with E-state index < -0.39 is 48.3 Å². The molecule has 2 aliphatic heterocycles. The van der Waals surface area contributed by atoms with Gasteiger partial charge in [-0.05, 0) is 81.0 Å². The molecule has 2 aromatic carbocycles. The number of nitrogens with zero attached hydrogens (tertiary/aromatic N) is 1. The van der Waals surface area contributed by atoms with Gasteiger partial charge >= 0.3 is 13.7 Å². The van der Waals surface area contributed by atoms with Gasteiger partial charge in [-0.15, -0.1) is 0 Å². The number of rotatable bonds is 21. The summed E-state index contributed by atoms with van der Waals surface area (Å²) in [5, 5.41) is 14.5. The van der Waals surface area contributed by atoms with E-state index in [-0.39, 0.29) is 55.3 Å². The molecule has 2 saturated heterocycles. The minimum atomic E-state index is -4.04. The van der Waals surface area contributed by atoms with E-state index >= 15 is 0 Å². The summed E-state index contributed by atoms with van der Waals surface area (Å²) in [6.07, 6.45) is -1.18. The van der Waals surface area contributed by atoms with E-state index in [4.69, 9.17) is 32.7 Å². The van der Waals surface area contributed by atoms with Crippen molar-refractivity contribution < 1.29 is 55.6 Å². The minimum absolute atomic E-state index is 0.0503. The van der Waals surface area contributed by atoms with Gasteiger partial charge in [-0.2, -0.15) is 4.31 Å². The summed E-state index contributed by atoms with van der Waals surface area (Å²) in [7, 11) is -6.05. The molecule has 0 spiro atoms. The molecule has 1 unspecified atom stereocenters. The van der Waals surface area contributed by atoms with E-state index in [9.17, 15) is 22.9 Å². The lowest BCUT2D eigenvalue weighted by molar-refractivity contribution is -0.0907. The van der Waals surface area contributed by atoms with Crippen LogP contribution in [-0.4, -0.2) is 101 Å². The summed E-state index contributed by atoms with van der Waals surface area (Å²) in [6.45, 7) is 10.2. The van der Waals surface area contributed by atoms with Crippen LogP contribution in [-0.2, 0) is 44.3 Å². The zero-order chi connectivity index (χ0) is 37.9. The van der Waals surface area contributed by atoms with Gasteiger partial charge in [-0.1, -0.05) is 39.3 Å². The largest absolute Gasteiger partial charge is 0.497 e. The number of sulfonamides is 1. The van der Waals surface area contributed by atoms with Crippen molar-refractivity contribution in [3.8, 4) is 11.5 Å². The number of hydrogen-bond donors (Lipinski definition) is 2. The van der Waals surface area contributed by atoms with Crippen LogP contribution in [0.4, 0.5) is 4.79 Å². The van der Waals surface area contributed by atoms with Gasteiger partial charge in [0.25, 0.3) is 0 Å². The highest BCUT2D eigenvalue weighted by Crippen LogP contribution is 2.49. The summed E-state index contributed by atoms with van der Waals surface area (Å²) in [5.41, 5.74) is 0.708. The molecule has 0 saturated carbocycles. The Morgan fingerprint density at radius 1 is 1.04 bits per heavy atom. The fourth-order valence-corrected chi connectivity index (χ4v) is 9.14. The molecule has 2 aliphatic rings. The van der Waals surface area contributed by atoms with Crippen LogP contribution in [0, 0.1) is 11.8 Å². The molecule has 14 nitrogen and oxygen atoms in total. The monoisotopic (exact) mass is 770 g/mol. The summed E-state index contributed by atoms with van der Waals surface area (Å²) >= 11 is 0. The number of carbonyl (C=O) groups is 1. The maximum absolute atomic E-state index is 13.8. The molecule has 4 rings (SSSR count). The van der Waals surface area contributed by atoms with Gasteiger partial charge in [0.2, 0.25) is 10.0 Å². The van der Waals surface area contributed by atoms with E-state index in [0.717, 1.165) is 12.8 Å². The average molecular weight is 771 g/mol. The number of amides is 1. The van der Waals surface area contributed by atoms with Gasteiger partial charge in [0, 0.05) is 13.1 Å². The van der Waals surface area contributed by atoms with Crippen molar-refractivity contribution in [3.63, 3.8) is 0 Å². The van der Waals surface area contributed by atoms with Gasteiger partial charge in [-0.3, -0.25) is 4.57 Å². The predicted octanol–water partition coefficient (Wildman–Crippen LogP) is 5.57. The second kappa shape index (κ2) is 19.5. The van der Waals surface area contributed by atoms with Crippen molar-refractivity contribution in [2.75, 3.05) is 46.4 Å². The van der Waals surface area contributed by atoms with Crippen LogP contribution in [0.3, 0.4) is 0 Å². The third-order valence-electron chi connectivity index (χ3n) is 8.59. The molecule has 0 aliphatic carbocycles. The van der Waals surface area contributed by atoms with E-state index in [1.807, 2.05) is 20.8 Å². The molecule has 0 bridgehead atoms. The Bertz CT molecular complexity index is 1560. The quantitative estimate of drug-likeness (QED) is 0.120. The molecule has 1 amide bonds. The van der Waals surface area contributed by atoms with Crippen LogP contribution in [0.15, 0.2) is 53.4 Å². The van der Waals surface area contributed by atoms with Crippen LogP contribution >= 0.6 is 7.60 Å². The first-order valence-electron chi connectivity index (χ1n) is 17.9. The van der Waals surface area contributed by atoms with Gasteiger partial charge in [0.05, 0.1) is 56.0 Å². The van der Waals surface area contributed by atoms with Crippen LogP contribution in [0.1, 0.15) is 59.4 Å². The van der Waals surface area contributed by atoms with Crippen molar-refractivity contribution in [3.05, 3.63) is 54.1 Å². The number of unbranched alkanes of at least 4 members (excludes halogenated alkanes) is 1. The van der Waals surface area contributed by atoms with E-state index in [1.54, 1.807) is 50.2 Å². The highest BCUT2D eigenvalue weighted by molar-refractivity contribution is 7.89. The third kappa shape index (κ3) is 12.1. The first kappa shape index (κ1) is 42.0. The standard InChI is InChI=1S/C36H55N2O12PS/c1-7-8-18-48-51(41,50-26(4)5)24-47-29-11-9-27(10-12-29)20-32(37-36(40)49-34-23-46-35-31(34)17-19-45-35)33(39)22-38(21-25(2)3)52(42,43)30-15-13-28(44-6)14-16-30/h9-16,25-26,31-35,39H,7-8,17-24H2,1-6H3,(H,37,40)/t31-,32-,33+,34-,35+,51?/m0/s1. The first-order chi connectivity index (χ1) is 24.7. The Kier molecular flexibility index (Phi) is 15.8. The minimum Gasteiger partial charge on any atom is -0.497 e. The molecular weight excluding hydrogens is 715 g/mol. The lowest BCUT2D eigenvalue weighted by Gasteiger charge is -2.31. The second-order valence-corrected chi connectivity index (χ2v) is 17.6. The summed E-state index contributed by atoms with van der Waals surface area (Å²) in [4.78, 5) is 13.3. The molecule has 16 heteroatoms. The normalized spacial score (nSPS) is 21.2. The number of hydrogen-bond acceptors (Lipinski definition) is 12. The highest BCUT2D eigenvalue weighted by atomic mass is 32.2. The molecule has 292 valence electrons. The molecule has 2 N–H and O–H groups in total. The Morgan fingerprint density at radius 2 is 1.73 bits per heavy atom. The number of aliphatic hydroxyl groups is 1. The van der Waals surface area contributed by atoms with Crippen molar-refractivity contribution in [2.45, 2.75) is 95.8 Å². The van der Waals surface area contributed by atoms with Crippen molar-refractivity contribution in [1.82, 2.24) is 9.62 Å². The molecule has 0 aromatic heterocycles. The number of fused-ring (bicyclic) bond motifs is 1. The second-order valence-electron chi connectivity index (χ2n) is 13.8. The molecule has 2 fully saturated rings. The van der Waals surface area contributed by atoms with E-state index in [1.165, 1.54) is 23.5 Å². The van der Waals surface area contributed by atoms with Gasteiger partial charge in [0.1, 0.15) is 17.6 Å². The van der Waals surface area contributed by atoms with Gasteiger partial charge in [-0.25, -0.2) is 13.2 Å². The number of aliphatic hydroxyl groups excluding tert-OH is 1. The van der Waals surface area contributed by atoms with Crippen molar-refractivity contribution in [1.29, 1.82) is 0 Å². The Labute approximate surface area is 308 Å². The number of benzene rings is 2. The number of methoxy groups -OCH3 is 1. The topological polar surface area (TPSA) is 168 Å². The zero-order valence-corrected chi connectivity index (χ0v) is 32.7. The number of ether oxygens (including phenoxy) is 5. The first-order valence-corrected chi connectivity index (χ1v) is 21.1. The Morgan fingerprint density at radius 3 is 2.37 bits per heavy atom. The zero-order valence-electron chi connectivity index (χ0n) is 31.0. The van der Waals surface area contributed by atoms with Crippen molar-refractivity contribution in [2.24, 2.45) is 11.8 Å². The fourth-order valence-electron chi connectivity index (χ4n) is 5.96. The van der Waals surface area contributed by atoms with Gasteiger partial charge < -0.3 is 43.2 Å². The Balaban J connectivity index is 1.51. The van der Waals surface area contributed by atoms with Crippen molar-refractivity contribution >= 4 is 23.7 Å². The van der Waals surface area contributed by atoms with E-state index in [0.29, 0.717) is 36.7 Å². The predicted molar refractivity (Wildman–Crippen MR) is 194 cm³/mol. The van der Waals surface area contributed by atoms with Crippen LogP contribution in [0.5, 0.6) is 11.5 Å². The maximum Gasteiger partial charge on any atom is 0.407 e. The molecule has 2 aromatic rings. The molecule has 2 heterocycles. The third-order valence-corrected chi connectivity index (χ3v) is 12.2. The fraction of sp³-hybridized carbons (Fsp3) is 0.639.